The van der Waals surface area contributed by atoms with Crippen LogP contribution in [-0.2, 0) is 6.54 Å². The summed E-state index contributed by atoms with van der Waals surface area (Å²) >= 11 is 0. The topological polar surface area (TPSA) is 59.7 Å². The van der Waals surface area contributed by atoms with Crippen LogP contribution in [0.25, 0.3) is 33.0 Å². The maximum atomic E-state index is 13.3. The molecule has 0 saturated carbocycles. The molecular formula is C20H16FN5O. The maximum Gasteiger partial charge on any atom is 0.254 e. The first kappa shape index (κ1) is 16.9. The van der Waals surface area contributed by atoms with E-state index in [1.165, 1.54) is 18.3 Å². The van der Waals surface area contributed by atoms with Crippen molar-refractivity contribution in [2.24, 2.45) is 0 Å². The zero-order chi connectivity index (χ0) is 19.0. The second kappa shape index (κ2) is 6.67. The van der Waals surface area contributed by atoms with Gasteiger partial charge in [-0.2, -0.15) is 0 Å². The molecule has 0 aliphatic heterocycles. The highest BCUT2D eigenvalue weighted by atomic mass is 19.1. The average molecular weight is 361 g/mol. The molecule has 0 aliphatic carbocycles. The van der Waals surface area contributed by atoms with Gasteiger partial charge in [-0.1, -0.05) is 6.57 Å². The number of hydrogen-bond acceptors (Lipinski definition) is 3. The molecule has 0 fully saturated rings. The predicted octanol–water partition coefficient (Wildman–Crippen LogP) is 3.94. The smallest absolute Gasteiger partial charge is 0.254 e. The standard InChI is InChI=1S/C20H16FN5O/c1-13(27)10-25-12-24-19(14-3-6-16(21)7-4-14)20(25)15-5-8-17-23-9-18(22-2)26(17)11-15/h3-9,11-13,27H,10H2,1H3. The van der Waals surface area contributed by atoms with Gasteiger partial charge in [-0.3, -0.25) is 0 Å². The van der Waals surface area contributed by atoms with Gasteiger partial charge in [0.05, 0.1) is 36.2 Å². The molecule has 0 aliphatic rings. The number of pyridine rings is 1. The minimum atomic E-state index is -0.560. The van der Waals surface area contributed by atoms with E-state index < -0.39 is 6.10 Å². The Morgan fingerprint density at radius 2 is 1.89 bits per heavy atom. The van der Waals surface area contributed by atoms with Gasteiger partial charge in [-0.05, 0) is 37.3 Å². The summed E-state index contributed by atoms with van der Waals surface area (Å²) < 4.78 is 16.9. The SMILES string of the molecule is [C-]#[N+]c1cnc2ccc(-c3c(-c4ccc(F)cc4)ncn3CC(C)O)cn12. The molecule has 6 nitrogen and oxygen atoms in total. The van der Waals surface area contributed by atoms with Gasteiger partial charge < -0.3 is 14.5 Å². The van der Waals surface area contributed by atoms with Crippen molar-refractivity contribution >= 4 is 11.5 Å². The monoisotopic (exact) mass is 361 g/mol. The van der Waals surface area contributed by atoms with Crippen LogP contribution in [0.5, 0.6) is 0 Å². The molecule has 1 unspecified atom stereocenters. The van der Waals surface area contributed by atoms with Crippen molar-refractivity contribution in [3.63, 3.8) is 0 Å². The molecule has 3 aromatic heterocycles. The number of fused-ring (bicyclic) bond motifs is 1. The Labute approximate surface area is 155 Å². The van der Waals surface area contributed by atoms with Crippen molar-refractivity contribution in [1.82, 2.24) is 18.9 Å². The van der Waals surface area contributed by atoms with Crippen LogP contribution in [0.4, 0.5) is 10.2 Å². The van der Waals surface area contributed by atoms with Crippen LogP contribution in [0.1, 0.15) is 6.92 Å². The van der Waals surface area contributed by atoms with Crippen molar-refractivity contribution in [3.05, 3.63) is 72.4 Å². The van der Waals surface area contributed by atoms with Crippen LogP contribution >= 0.6 is 0 Å². The van der Waals surface area contributed by atoms with E-state index >= 15 is 0 Å². The highest BCUT2D eigenvalue weighted by Gasteiger charge is 2.18. The summed E-state index contributed by atoms with van der Waals surface area (Å²) in [4.78, 5) is 12.2. The summed E-state index contributed by atoms with van der Waals surface area (Å²) in [6.07, 6.45) is 4.46. The maximum absolute atomic E-state index is 13.3. The first-order valence-corrected chi connectivity index (χ1v) is 8.41. The Bertz CT molecular complexity index is 1150. The Kier molecular flexibility index (Phi) is 4.18. The lowest BCUT2D eigenvalue weighted by molar-refractivity contribution is 0.174. The van der Waals surface area contributed by atoms with Crippen molar-refractivity contribution in [1.29, 1.82) is 0 Å². The number of aliphatic hydroxyl groups is 1. The second-order valence-corrected chi connectivity index (χ2v) is 6.32. The summed E-state index contributed by atoms with van der Waals surface area (Å²) in [5.74, 6) is 0.0991. The van der Waals surface area contributed by atoms with E-state index in [1.807, 2.05) is 22.9 Å². The average Bonchev–Trinajstić information content (AvgIpc) is 3.25. The van der Waals surface area contributed by atoms with Crippen molar-refractivity contribution in [2.45, 2.75) is 19.6 Å². The largest absolute Gasteiger partial charge is 0.392 e. The molecule has 0 spiro atoms. The molecular weight excluding hydrogens is 345 g/mol. The number of nitrogens with zero attached hydrogens (tertiary/aromatic N) is 5. The number of halogens is 1. The quantitative estimate of drug-likeness (QED) is 0.560. The van der Waals surface area contributed by atoms with Crippen LogP contribution in [0, 0.1) is 12.4 Å². The number of aromatic nitrogens is 4. The minimum absolute atomic E-state index is 0.315. The van der Waals surface area contributed by atoms with E-state index in [4.69, 9.17) is 6.57 Å². The Morgan fingerprint density at radius 1 is 1.15 bits per heavy atom. The zero-order valence-electron chi connectivity index (χ0n) is 14.5. The molecule has 0 bridgehead atoms. The van der Waals surface area contributed by atoms with Crippen LogP contribution in [0.2, 0.25) is 0 Å². The third-order valence-corrected chi connectivity index (χ3v) is 4.29. The summed E-state index contributed by atoms with van der Waals surface area (Å²) in [6, 6.07) is 9.87. The van der Waals surface area contributed by atoms with Crippen molar-refractivity contribution < 1.29 is 9.50 Å². The van der Waals surface area contributed by atoms with Gasteiger partial charge in [-0.15, -0.1) is 0 Å². The minimum Gasteiger partial charge on any atom is -0.392 e. The highest BCUT2D eigenvalue weighted by Crippen LogP contribution is 2.32. The molecule has 27 heavy (non-hydrogen) atoms. The van der Waals surface area contributed by atoms with Gasteiger partial charge >= 0.3 is 0 Å². The van der Waals surface area contributed by atoms with Crippen LogP contribution in [-0.4, -0.2) is 30.1 Å². The molecule has 4 aromatic rings. The van der Waals surface area contributed by atoms with Gasteiger partial charge in [0.2, 0.25) is 5.65 Å². The van der Waals surface area contributed by atoms with E-state index in [1.54, 1.807) is 29.8 Å². The molecule has 3 heterocycles. The molecule has 134 valence electrons. The van der Waals surface area contributed by atoms with E-state index in [-0.39, 0.29) is 5.82 Å². The number of hydrogen-bond donors (Lipinski definition) is 1. The van der Waals surface area contributed by atoms with Gasteiger partial charge in [0, 0.05) is 23.7 Å². The van der Waals surface area contributed by atoms with E-state index in [0.717, 1.165) is 16.8 Å². The van der Waals surface area contributed by atoms with Crippen LogP contribution in [0.15, 0.2) is 55.1 Å². The van der Waals surface area contributed by atoms with Crippen LogP contribution < -0.4 is 0 Å². The summed E-state index contributed by atoms with van der Waals surface area (Å²) in [7, 11) is 0. The molecule has 4 rings (SSSR count). The normalized spacial score (nSPS) is 12.2. The van der Waals surface area contributed by atoms with E-state index in [0.29, 0.717) is 23.7 Å². The summed E-state index contributed by atoms with van der Waals surface area (Å²) in [6.45, 7) is 9.37. The van der Waals surface area contributed by atoms with Gasteiger partial charge in [-0.25, -0.2) is 18.8 Å². The lowest BCUT2D eigenvalue weighted by atomic mass is 10.1. The number of imidazole rings is 2. The van der Waals surface area contributed by atoms with E-state index in [9.17, 15) is 9.50 Å². The highest BCUT2D eigenvalue weighted by molar-refractivity contribution is 5.79. The zero-order valence-corrected chi connectivity index (χ0v) is 14.5. The number of aliphatic hydroxyl groups excluding tert-OH is 1. The molecule has 0 amide bonds. The van der Waals surface area contributed by atoms with Crippen molar-refractivity contribution in [3.8, 4) is 22.5 Å². The Hall–Kier alpha value is -3.50. The number of rotatable bonds is 4. The van der Waals surface area contributed by atoms with Gasteiger partial charge in [0.1, 0.15) is 5.82 Å². The third kappa shape index (κ3) is 3.07. The molecule has 0 saturated heterocycles. The molecule has 1 N–H and O–H groups in total. The molecule has 1 atom stereocenters. The first-order chi connectivity index (χ1) is 13.1. The summed E-state index contributed by atoms with van der Waals surface area (Å²) in [5.41, 5.74) is 3.73. The fourth-order valence-electron chi connectivity index (χ4n) is 3.12. The van der Waals surface area contributed by atoms with Crippen molar-refractivity contribution in [2.75, 3.05) is 0 Å². The Balaban J connectivity index is 1.93. The summed E-state index contributed by atoms with van der Waals surface area (Å²) in [5, 5.41) is 9.86. The fraction of sp³-hybridized carbons (Fsp3) is 0.150. The molecule has 1 aromatic carbocycles. The molecule has 0 radical (unpaired) electrons. The third-order valence-electron chi connectivity index (χ3n) is 4.29. The van der Waals surface area contributed by atoms with Crippen LogP contribution in [0.3, 0.4) is 0 Å². The second-order valence-electron chi connectivity index (χ2n) is 6.32. The predicted molar refractivity (Wildman–Crippen MR) is 99.7 cm³/mol. The van der Waals surface area contributed by atoms with Gasteiger partial charge in [0.15, 0.2) is 0 Å². The van der Waals surface area contributed by atoms with Gasteiger partial charge in [0.25, 0.3) is 5.82 Å². The Morgan fingerprint density at radius 3 is 2.59 bits per heavy atom. The first-order valence-electron chi connectivity index (χ1n) is 8.41. The lowest BCUT2D eigenvalue weighted by Crippen LogP contribution is -2.12. The molecule has 7 heteroatoms. The van der Waals surface area contributed by atoms with E-state index in [2.05, 4.69) is 14.8 Å². The fourth-order valence-corrected chi connectivity index (χ4v) is 3.12. The number of benzene rings is 1. The lowest BCUT2D eigenvalue weighted by Gasteiger charge is -2.12.